The van der Waals surface area contributed by atoms with E-state index in [0.29, 0.717) is 35.6 Å². The van der Waals surface area contributed by atoms with Crippen molar-refractivity contribution in [1.82, 2.24) is 35.0 Å². The normalized spacial score (nSPS) is 16.7. The van der Waals surface area contributed by atoms with Crippen LogP contribution in [0.3, 0.4) is 0 Å². The molecule has 1 fully saturated rings. The number of aryl methyl sites for hydroxylation is 1. The Labute approximate surface area is 204 Å². The molecule has 1 amide bonds. The molecule has 1 aromatic carbocycles. The van der Waals surface area contributed by atoms with Crippen molar-refractivity contribution in [2.75, 3.05) is 18.4 Å². The summed E-state index contributed by atoms with van der Waals surface area (Å²) >= 11 is 0. The van der Waals surface area contributed by atoms with E-state index in [-0.39, 0.29) is 18.8 Å². The number of benzene rings is 1. The van der Waals surface area contributed by atoms with E-state index in [9.17, 15) is 18.0 Å². The van der Waals surface area contributed by atoms with Gasteiger partial charge in [-0.2, -0.15) is 13.9 Å². The second kappa shape index (κ2) is 9.61. The van der Waals surface area contributed by atoms with Gasteiger partial charge in [-0.3, -0.25) is 9.89 Å². The zero-order valence-electron chi connectivity index (χ0n) is 19.5. The number of carbonyl (C=O) groups excluding carboxylic acids is 1. The summed E-state index contributed by atoms with van der Waals surface area (Å²) in [5.41, 5.74) is 2.02. The van der Waals surface area contributed by atoms with E-state index in [0.717, 1.165) is 10.6 Å². The van der Waals surface area contributed by atoms with Crippen LogP contribution in [0, 0.1) is 12.7 Å². The van der Waals surface area contributed by atoms with E-state index in [1.165, 1.54) is 24.3 Å². The van der Waals surface area contributed by atoms with Gasteiger partial charge in [0, 0.05) is 30.9 Å². The Morgan fingerprint density at radius 1 is 1.22 bits per heavy atom. The van der Waals surface area contributed by atoms with Crippen molar-refractivity contribution in [3.63, 3.8) is 0 Å². The van der Waals surface area contributed by atoms with E-state index < -0.39 is 30.4 Å². The lowest BCUT2D eigenvalue weighted by atomic mass is 10.1. The summed E-state index contributed by atoms with van der Waals surface area (Å²) in [7, 11) is 0. The minimum atomic E-state index is -3.04. The van der Waals surface area contributed by atoms with Gasteiger partial charge >= 0.3 is 6.05 Å². The van der Waals surface area contributed by atoms with Crippen molar-refractivity contribution in [3.8, 4) is 0 Å². The lowest BCUT2D eigenvalue weighted by Crippen LogP contribution is -2.50. The number of H-pyrrole nitrogens is 1. The van der Waals surface area contributed by atoms with E-state index in [1.54, 1.807) is 22.8 Å². The Kier molecular flexibility index (Phi) is 6.35. The summed E-state index contributed by atoms with van der Waals surface area (Å²) in [4.78, 5) is 18.5. The third kappa shape index (κ3) is 5.03. The second-order valence-corrected chi connectivity index (χ2v) is 8.81. The highest BCUT2D eigenvalue weighted by molar-refractivity contribution is 5.79. The van der Waals surface area contributed by atoms with Gasteiger partial charge < -0.3 is 10.6 Å². The van der Waals surface area contributed by atoms with E-state index in [2.05, 4.69) is 30.9 Å². The lowest BCUT2D eigenvalue weighted by molar-refractivity contribution is -0.172. The number of amides is 1. The third-order valence-corrected chi connectivity index (χ3v) is 6.08. The first kappa shape index (κ1) is 23.8. The van der Waals surface area contributed by atoms with Crippen LogP contribution in [0.2, 0.25) is 0 Å². The molecule has 0 bridgehead atoms. The zero-order chi connectivity index (χ0) is 25.3. The van der Waals surface area contributed by atoms with Gasteiger partial charge in [0.2, 0.25) is 5.91 Å². The quantitative estimate of drug-likeness (QED) is 0.334. The van der Waals surface area contributed by atoms with Crippen molar-refractivity contribution in [1.29, 1.82) is 0 Å². The summed E-state index contributed by atoms with van der Waals surface area (Å²) in [5, 5.41) is 17.5. The van der Waals surface area contributed by atoms with Crippen LogP contribution in [-0.4, -0.2) is 54.7 Å². The van der Waals surface area contributed by atoms with E-state index in [4.69, 9.17) is 0 Å². The molecular formula is C24H25F3N8O. The predicted molar refractivity (Wildman–Crippen MR) is 126 cm³/mol. The molecule has 1 unspecified atom stereocenters. The number of aromatic amines is 1. The summed E-state index contributed by atoms with van der Waals surface area (Å²) in [6, 6.07) is 6.98. The minimum Gasteiger partial charge on any atom is -0.341 e. The molecule has 1 aliphatic rings. The number of hydrogen-bond acceptors (Lipinski definition) is 6. The average Bonchev–Trinajstić information content (AvgIpc) is 3.48. The van der Waals surface area contributed by atoms with Crippen LogP contribution in [0.25, 0.3) is 5.52 Å². The number of nitrogens with zero attached hydrogens (tertiary/aromatic N) is 5. The molecule has 9 nitrogen and oxygen atoms in total. The van der Waals surface area contributed by atoms with Crippen LogP contribution in [0.15, 0.2) is 48.7 Å². The molecule has 4 heterocycles. The van der Waals surface area contributed by atoms with E-state index >= 15 is 0 Å². The molecule has 1 saturated heterocycles. The van der Waals surface area contributed by atoms with Gasteiger partial charge in [-0.05, 0) is 49.6 Å². The highest BCUT2D eigenvalue weighted by Crippen LogP contribution is 2.31. The molecule has 1 aliphatic heterocycles. The Hall–Kier alpha value is -3.93. The maximum atomic E-state index is 14.3. The van der Waals surface area contributed by atoms with Crippen LogP contribution in [0.1, 0.15) is 42.4 Å². The van der Waals surface area contributed by atoms with Crippen molar-refractivity contribution < 1.29 is 18.0 Å². The molecule has 0 radical (unpaired) electrons. The SMILES string of the molecule is Cc1cc(Nc2nc(C(NC(=O)CN3CCCCC3(F)F)c3ccc(F)cc3)nn3cccc23)n[nH]1. The smallest absolute Gasteiger partial charge is 0.305 e. The summed E-state index contributed by atoms with van der Waals surface area (Å²) in [5.74, 6) is 0.101. The van der Waals surface area contributed by atoms with Crippen molar-refractivity contribution in [2.24, 2.45) is 0 Å². The average molecular weight is 499 g/mol. The maximum Gasteiger partial charge on any atom is 0.305 e. The van der Waals surface area contributed by atoms with Gasteiger partial charge in [0.15, 0.2) is 17.5 Å². The predicted octanol–water partition coefficient (Wildman–Crippen LogP) is 3.93. The highest BCUT2D eigenvalue weighted by Gasteiger charge is 2.40. The second-order valence-electron chi connectivity index (χ2n) is 8.81. The van der Waals surface area contributed by atoms with E-state index in [1.807, 2.05) is 13.0 Å². The molecule has 0 aliphatic carbocycles. The number of rotatable bonds is 7. The van der Waals surface area contributed by atoms with Crippen LogP contribution >= 0.6 is 0 Å². The molecule has 0 saturated carbocycles. The lowest BCUT2D eigenvalue weighted by Gasteiger charge is -2.34. The summed E-state index contributed by atoms with van der Waals surface area (Å²) < 4.78 is 43.9. The van der Waals surface area contributed by atoms with Gasteiger partial charge in [0.25, 0.3) is 0 Å². The molecule has 5 rings (SSSR count). The molecule has 1 atom stereocenters. The van der Waals surface area contributed by atoms with Gasteiger partial charge in [-0.15, -0.1) is 5.10 Å². The molecule has 4 aromatic rings. The van der Waals surface area contributed by atoms with Crippen molar-refractivity contribution in [3.05, 3.63) is 71.6 Å². The number of aromatic nitrogens is 5. The zero-order valence-corrected chi connectivity index (χ0v) is 19.5. The monoisotopic (exact) mass is 498 g/mol. The Morgan fingerprint density at radius 3 is 2.75 bits per heavy atom. The van der Waals surface area contributed by atoms with Gasteiger partial charge in [-0.1, -0.05) is 12.1 Å². The number of likely N-dealkylation sites (tertiary alicyclic amines) is 1. The topological polar surface area (TPSA) is 103 Å². The fourth-order valence-corrected chi connectivity index (χ4v) is 4.26. The number of piperidine rings is 1. The largest absolute Gasteiger partial charge is 0.341 e. The molecule has 188 valence electrons. The van der Waals surface area contributed by atoms with Crippen LogP contribution < -0.4 is 10.6 Å². The van der Waals surface area contributed by atoms with Crippen LogP contribution in [0.5, 0.6) is 0 Å². The van der Waals surface area contributed by atoms with Crippen molar-refractivity contribution in [2.45, 2.75) is 38.3 Å². The molecule has 0 spiro atoms. The number of nitrogens with one attached hydrogen (secondary N) is 3. The number of fused-ring (bicyclic) bond motifs is 1. The fraction of sp³-hybridized carbons (Fsp3) is 0.333. The number of carbonyl (C=O) groups is 1. The molecule has 3 N–H and O–H groups in total. The number of anilines is 2. The first-order valence-electron chi connectivity index (χ1n) is 11.6. The first-order chi connectivity index (χ1) is 17.3. The molecule has 12 heteroatoms. The fourth-order valence-electron chi connectivity index (χ4n) is 4.26. The summed E-state index contributed by atoms with van der Waals surface area (Å²) in [6.45, 7) is 1.52. The third-order valence-electron chi connectivity index (χ3n) is 6.08. The Morgan fingerprint density at radius 2 is 2.03 bits per heavy atom. The number of halogens is 3. The summed E-state index contributed by atoms with van der Waals surface area (Å²) in [6.07, 6.45) is 2.45. The highest BCUT2D eigenvalue weighted by atomic mass is 19.3. The minimum absolute atomic E-state index is 0.130. The maximum absolute atomic E-state index is 14.3. The van der Waals surface area contributed by atoms with Crippen molar-refractivity contribution >= 4 is 23.1 Å². The van der Waals surface area contributed by atoms with Crippen LogP contribution in [-0.2, 0) is 4.79 Å². The molecule has 36 heavy (non-hydrogen) atoms. The van der Waals surface area contributed by atoms with Gasteiger partial charge in [-0.25, -0.2) is 18.8 Å². The number of hydrogen-bond donors (Lipinski definition) is 3. The van der Waals surface area contributed by atoms with Gasteiger partial charge in [0.05, 0.1) is 6.54 Å². The molecule has 3 aromatic heterocycles. The first-order valence-corrected chi connectivity index (χ1v) is 11.6. The Bertz CT molecular complexity index is 1370. The standard InChI is InChI=1S/C24H25F3N8O/c1-15-13-19(32-31-15)28-22-18-5-4-12-35(18)33-23(30-22)21(16-6-8-17(25)9-7-16)29-20(36)14-34-11-3-2-10-24(34,26)27/h4-9,12-13,21H,2-3,10-11,14H2,1H3,(H,29,36)(H2,28,30,31,32,33). The number of alkyl halides is 2. The van der Waals surface area contributed by atoms with Gasteiger partial charge in [0.1, 0.15) is 17.4 Å². The van der Waals surface area contributed by atoms with Crippen LogP contribution in [0.4, 0.5) is 24.8 Å². The molecular weight excluding hydrogens is 473 g/mol. The Balaban J connectivity index is 1.49.